The Labute approximate surface area is 124 Å². The molecule has 0 bridgehead atoms. The van der Waals surface area contributed by atoms with Gasteiger partial charge < -0.3 is 20.6 Å². The molecule has 1 aliphatic heterocycles. The summed E-state index contributed by atoms with van der Waals surface area (Å²) in [5.41, 5.74) is 0. The van der Waals surface area contributed by atoms with Crippen molar-refractivity contribution < 1.29 is 19.5 Å². The summed E-state index contributed by atoms with van der Waals surface area (Å²) in [5, 5.41) is 14.4. The maximum absolute atomic E-state index is 11.8. The van der Waals surface area contributed by atoms with Gasteiger partial charge in [0.2, 0.25) is 5.91 Å². The topological polar surface area (TPSA) is 98.7 Å². The maximum Gasteiger partial charge on any atom is 0.315 e. The zero-order chi connectivity index (χ0) is 15.2. The minimum Gasteiger partial charge on any atom is -0.481 e. The van der Waals surface area contributed by atoms with Gasteiger partial charge in [-0.1, -0.05) is 12.8 Å². The molecule has 2 atom stereocenters. The highest BCUT2D eigenvalue weighted by Gasteiger charge is 2.31. The Hall–Kier alpha value is -1.79. The summed E-state index contributed by atoms with van der Waals surface area (Å²) in [7, 11) is 0. The molecule has 118 valence electrons. The Morgan fingerprint density at radius 2 is 1.71 bits per heavy atom. The van der Waals surface area contributed by atoms with Crippen LogP contribution in [0.25, 0.3) is 0 Å². The summed E-state index contributed by atoms with van der Waals surface area (Å²) < 4.78 is 0. The lowest BCUT2D eigenvalue weighted by molar-refractivity contribution is -0.143. The smallest absolute Gasteiger partial charge is 0.315 e. The molecule has 1 heterocycles. The largest absolute Gasteiger partial charge is 0.481 e. The molecule has 7 heteroatoms. The van der Waals surface area contributed by atoms with Crippen LogP contribution in [0.3, 0.4) is 0 Å². The van der Waals surface area contributed by atoms with E-state index in [9.17, 15) is 14.4 Å². The Bertz CT molecular complexity index is 407. The van der Waals surface area contributed by atoms with Crippen LogP contribution < -0.4 is 10.6 Å². The number of carboxylic acid groups (broad SMARTS) is 1. The number of carbonyl (C=O) groups excluding carboxylic acids is 2. The van der Waals surface area contributed by atoms with Gasteiger partial charge in [-0.3, -0.25) is 9.59 Å². The van der Waals surface area contributed by atoms with Crippen molar-refractivity contribution in [2.45, 2.75) is 44.6 Å². The first-order chi connectivity index (χ1) is 10.1. The lowest BCUT2D eigenvalue weighted by atomic mass is 9.84. The molecule has 0 radical (unpaired) electrons. The van der Waals surface area contributed by atoms with Crippen LogP contribution in [0.15, 0.2) is 0 Å². The third-order valence-corrected chi connectivity index (χ3v) is 4.26. The van der Waals surface area contributed by atoms with Gasteiger partial charge in [0.15, 0.2) is 0 Å². The second-order valence-corrected chi connectivity index (χ2v) is 5.75. The van der Waals surface area contributed by atoms with E-state index in [0.717, 1.165) is 38.8 Å². The van der Waals surface area contributed by atoms with E-state index in [0.29, 0.717) is 12.8 Å². The van der Waals surface area contributed by atoms with Crippen molar-refractivity contribution in [2.24, 2.45) is 5.92 Å². The van der Waals surface area contributed by atoms with Crippen LogP contribution >= 0.6 is 0 Å². The first-order valence-electron chi connectivity index (χ1n) is 7.63. The normalized spacial score (nSPS) is 25.4. The van der Waals surface area contributed by atoms with E-state index in [4.69, 9.17) is 5.11 Å². The van der Waals surface area contributed by atoms with Crippen molar-refractivity contribution in [2.75, 3.05) is 19.6 Å². The van der Waals surface area contributed by atoms with Gasteiger partial charge in [-0.25, -0.2) is 4.79 Å². The summed E-state index contributed by atoms with van der Waals surface area (Å²) >= 11 is 0. The number of nitrogens with one attached hydrogen (secondary N) is 2. The van der Waals surface area contributed by atoms with Gasteiger partial charge in [0.25, 0.3) is 0 Å². The highest BCUT2D eigenvalue weighted by atomic mass is 16.4. The van der Waals surface area contributed by atoms with Crippen molar-refractivity contribution in [1.82, 2.24) is 15.5 Å². The van der Waals surface area contributed by atoms with Crippen LogP contribution in [-0.4, -0.2) is 53.6 Å². The average Bonchev–Trinajstić information content (AvgIpc) is 2.99. The highest BCUT2D eigenvalue weighted by Crippen LogP contribution is 2.24. The molecule has 2 unspecified atom stereocenters. The molecule has 1 aliphatic carbocycles. The zero-order valence-electron chi connectivity index (χ0n) is 12.1. The number of urea groups is 1. The third-order valence-electron chi connectivity index (χ3n) is 4.26. The van der Waals surface area contributed by atoms with Crippen LogP contribution in [0.4, 0.5) is 4.79 Å². The van der Waals surface area contributed by atoms with E-state index in [2.05, 4.69) is 10.6 Å². The Balaban J connectivity index is 1.75. The number of hydrogen-bond donors (Lipinski definition) is 3. The van der Waals surface area contributed by atoms with Crippen molar-refractivity contribution in [3.63, 3.8) is 0 Å². The molecular weight excluding hydrogens is 274 g/mol. The summed E-state index contributed by atoms with van der Waals surface area (Å²) in [6, 6.07) is -0.807. The molecule has 2 fully saturated rings. The number of likely N-dealkylation sites (tertiary alicyclic amines) is 1. The number of nitrogens with zero attached hydrogens (tertiary/aromatic N) is 1. The molecule has 0 aromatic carbocycles. The number of hydrogen-bond acceptors (Lipinski definition) is 3. The Kier molecular flexibility index (Phi) is 5.41. The fraction of sp³-hybridized carbons (Fsp3) is 0.786. The standard InChI is InChI=1S/C14H23N3O4/c18-12(17-7-3-4-8-17)9-15-14(21)16-11-6-2-1-5-10(11)13(19)20/h10-11H,1-9H2,(H,19,20)(H2,15,16,21). The van der Waals surface area contributed by atoms with E-state index in [-0.39, 0.29) is 18.5 Å². The molecule has 1 saturated carbocycles. The fourth-order valence-corrected chi connectivity index (χ4v) is 3.05. The maximum atomic E-state index is 11.8. The predicted molar refractivity (Wildman–Crippen MR) is 75.7 cm³/mol. The quantitative estimate of drug-likeness (QED) is 0.705. The average molecular weight is 297 g/mol. The van der Waals surface area contributed by atoms with Crippen molar-refractivity contribution >= 4 is 17.9 Å². The summed E-state index contributed by atoms with van der Waals surface area (Å²) in [6.45, 7) is 1.48. The number of carbonyl (C=O) groups is 3. The monoisotopic (exact) mass is 297 g/mol. The van der Waals surface area contributed by atoms with Gasteiger partial charge in [-0.05, 0) is 25.7 Å². The molecule has 3 N–H and O–H groups in total. The first-order valence-corrected chi connectivity index (χ1v) is 7.63. The van der Waals surface area contributed by atoms with Crippen molar-refractivity contribution in [3.8, 4) is 0 Å². The Morgan fingerprint density at radius 3 is 2.38 bits per heavy atom. The van der Waals surface area contributed by atoms with Gasteiger partial charge in [0, 0.05) is 19.1 Å². The molecule has 2 aliphatic rings. The minimum atomic E-state index is -0.867. The van der Waals surface area contributed by atoms with Gasteiger partial charge in [-0.2, -0.15) is 0 Å². The van der Waals surface area contributed by atoms with Crippen LogP contribution in [0.5, 0.6) is 0 Å². The van der Waals surface area contributed by atoms with Crippen molar-refractivity contribution in [1.29, 1.82) is 0 Å². The number of carboxylic acids is 1. The molecule has 2 rings (SSSR count). The van der Waals surface area contributed by atoms with E-state index in [1.54, 1.807) is 4.90 Å². The molecule has 0 aromatic rings. The lowest BCUT2D eigenvalue weighted by Gasteiger charge is -2.29. The molecule has 0 aromatic heterocycles. The number of amides is 3. The van der Waals surface area contributed by atoms with Crippen molar-refractivity contribution in [3.05, 3.63) is 0 Å². The summed E-state index contributed by atoms with van der Waals surface area (Å²) in [6.07, 6.45) is 5.09. The summed E-state index contributed by atoms with van der Waals surface area (Å²) in [4.78, 5) is 36.5. The zero-order valence-corrected chi connectivity index (χ0v) is 12.1. The van der Waals surface area contributed by atoms with E-state index in [1.165, 1.54) is 0 Å². The van der Waals surface area contributed by atoms with Crippen LogP contribution in [0, 0.1) is 5.92 Å². The molecule has 3 amide bonds. The van der Waals surface area contributed by atoms with E-state index < -0.39 is 17.9 Å². The van der Waals surface area contributed by atoms with Gasteiger partial charge in [0.1, 0.15) is 0 Å². The lowest BCUT2D eigenvalue weighted by Crippen LogP contribution is -2.50. The van der Waals surface area contributed by atoms with Crippen LogP contribution in [0.1, 0.15) is 38.5 Å². The first kappa shape index (κ1) is 15.6. The Morgan fingerprint density at radius 1 is 1.05 bits per heavy atom. The second-order valence-electron chi connectivity index (χ2n) is 5.75. The summed E-state index contributed by atoms with van der Waals surface area (Å²) in [5.74, 6) is -1.48. The van der Waals surface area contributed by atoms with Gasteiger partial charge >= 0.3 is 12.0 Å². The second kappa shape index (κ2) is 7.28. The molecule has 7 nitrogen and oxygen atoms in total. The molecular formula is C14H23N3O4. The van der Waals surface area contributed by atoms with E-state index >= 15 is 0 Å². The SMILES string of the molecule is O=C(NCC(=O)N1CCCC1)NC1CCCCC1C(=O)O. The van der Waals surface area contributed by atoms with Gasteiger partial charge in [-0.15, -0.1) is 0 Å². The van der Waals surface area contributed by atoms with Crippen LogP contribution in [-0.2, 0) is 9.59 Å². The molecule has 21 heavy (non-hydrogen) atoms. The van der Waals surface area contributed by atoms with E-state index in [1.807, 2.05) is 0 Å². The molecule has 1 saturated heterocycles. The minimum absolute atomic E-state index is 0.0315. The van der Waals surface area contributed by atoms with Gasteiger partial charge in [0.05, 0.1) is 12.5 Å². The fourth-order valence-electron chi connectivity index (χ4n) is 3.05. The molecule has 0 spiro atoms. The highest BCUT2D eigenvalue weighted by molar-refractivity contribution is 5.84. The predicted octanol–water partition coefficient (Wildman–Crippen LogP) is 0.551. The number of aliphatic carboxylic acids is 1. The third kappa shape index (κ3) is 4.34. The number of rotatable bonds is 4. The van der Waals surface area contributed by atoms with Crippen LogP contribution in [0.2, 0.25) is 0 Å².